The number of carbonyl (C=O) groups is 1. The lowest BCUT2D eigenvalue weighted by Gasteiger charge is -2.43. The molecule has 3 aliphatic carbocycles. The van der Waals surface area contributed by atoms with Gasteiger partial charge in [0.05, 0.1) is 12.6 Å². The first-order chi connectivity index (χ1) is 9.69. The molecule has 0 aromatic heterocycles. The Kier molecular flexibility index (Phi) is 5.92. The minimum Gasteiger partial charge on any atom is -0.383 e. The molecule has 21 heavy (non-hydrogen) atoms. The Hall–Kier alpha value is -0.320. The number of rotatable bonds is 5. The highest BCUT2D eigenvalue weighted by molar-refractivity contribution is 5.85. The summed E-state index contributed by atoms with van der Waals surface area (Å²) in [6.07, 6.45) is 8.18. The van der Waals surface area contributed by atoms with Crippen molar-refractivity contribution in [3.63, 3.8) is 0 Å². The molecule has 3 aliphatic rings. The predicted octanol–water partition coefficient (Wildman–Crippen LogP) is 2.10. The van der Waals surface area contributed by atoms with E-state index in [1.54, 1.807) is 7.11 Å². The van der Waals surface area contributed by atoms with Gasteiger partial charge in [0.15, 0.2) is 0 Å². The zero-order valence-corrected chi connectivity index (χ0v) is 13.7. The van der Waals surface area contributed by atoms with Gasteiger partial charge in [0.25, 0.3) is 0 Å². The minimum atomic E-state index is 0. The van der Waals surface area contributed by atoms with Crippen LogP contribution in [-0.4, -0.2) is 31.7 Å². The summed E-state index contributed by atoms with van der Waals surface area (Å²) in [7, 11) is 1.71. The molecule has 3 rings (SSSR count). The molecule has 3 atom stereocenters. The number of fused-ring (bicyclic) bond motifs is 2. The number of hydrogen-bond acceptors (Lipinski definition) is 3. The first kappa shape index (κ1) is 17.0. The first-order valence-electron chi connectivity index (χ1n) is 8.24. The highest BCUT2D eigenvalue weighted by Gasteiger charge is 2.41. The Balaban J connectivity index is 0.00000161. The van der Waals surface area contributed by atoms with E-state index in [0.717, 1.165) is 12.8 Å². The molecule has 0 aromatic rings. The summed E-state index contributed by atoms with van der Waals surface area (Å²) in [4.78, 5) is 12.5. The van der Waals surface area contributed by atoms with Crippen molar-refractivity contribution in [1.82, 2.24) is 5.32 Å². The molecule has 0 aliphatic heterocycles. The Labute approximate surface area is 134 Å². The van der Waals surface area contributed by atoms with Gasteiger partial charge in [-0.05, 0) is 56.3 Å². The third-order valence-electron chi connectivity index (χ3n) is 5.65. The molecule has 0 aromatic carbocycles. The second-order valence-electron chi connectivity index (χ2n) is 7.10. The SMILES string of the molecule is COCC(NC(=O)C1CC2CCCC(C1)C2N)C1CC1.Cl. The maximum atomic E-state index is 12.5. The third-order valence-corrected chi connectivity index (χ3v) is 5.65. The van der Waals surface area contributed by atoms with E-state index in [1.165, 1.54) is 32.1 Å². The zero-order valence-electron chi connectivity index (χ0n) is 12.9. The Morgan fingerprint density at radius 3 is 2.38 bits per heavy atom. The fraction of sp³-hybridized carbons (Fsp3) is 0.938. The van der Waals surface area contributed by atoms with E-state index in [-0.39, 0.29) is 30.3 Å². The van der Waals surface area contributed by atoms with Crippen LogP contribution in [0, 0.1) is 23.7 Å². The zero-order chi connectivity index (χ0) is 14.1. The topological polar surface area (TPSA) is 64.3 Å². The molecular weight excluding hydrogens is 288 g/mol. The number of hydrogen-bond donors (Lipinski definition) is 2. The Morgan fingerprint density at radius 2 is 1.86 bits per heavy atom. The Bertz CT molecular complexity index is 348. The van der Waals surface area contributed by atoms with Gasteiger partial charge < -0.3 is 15.8 Å². The van der Waals surface area contributed by atoms with Crippen LogP contribution in [0.2, 0.25) is 0 Å². The lowest BCUT2D eigenvalue weighted by molar-refractivity contribution is -0.129. The summed E-state index contributed by atoms with van der Waals surface area (Å²) in [6, 6.07) is 0.564. The summed E-state index contributed by atoms with van der Waals surface area (Å²) in [5.74, 6) is 2.22. The fourth-order valence-corrected chi connectivity index (χ4v) is 4.28. The first-order valence-corrected chi connectivity index (χ1v) is 8.24. The number of carbonyl (C=O) groups excluding carboxylic acids is 1. The van der Waals surface area contributed by atoms with Crippen molar-refractivity contribution in [3.8, 4) is 0 Å². The molecule has 1 amide bonds. The van der Waals surface area contributed by atoms with Gasteiger partial charge in [-0.25, -0.2) is 0 Å². The average molecular weight is 317 g/mol. The molecule has 0 spiro atoms. The van der Waals surface area contributed by atoms with E-state index in [1.807, 2.05) is 0 Å². The number of amides is 1. The lowest BCUT2D eigenvalue weighted by Crippen LogP contribution is -2.51. The van der Waals surface area contributed by atoms with Crippen LogP contribution in [0.25, 0.3) is 0 Å². The summed E-state index contributed by atoms with van der Waals surface area (Å²) in [5.41, 5.74) is 6.30. The smallest absolute Gasteiger partial charge is 0.223 e. The monoisotopic (exact) mass is 316 g/mol. The van der Waals surface area contributed by atoms with Crippen molar-refractivity contribution in [2.24, 2.45) is 29.4 Å². The van der Waals surface area contributed by atoms with Crippen LogP contribution in [-0.2, 0) is 9.53 Å². The molecule has 3 fully saturated rings. The van der Waals surface area contributed by atoms with E-state index >= 15 is 0 Å². The summed E-state index contributed by atoms with van der Waals surface area (Å²) >= 11 is 0. The fourth-order valence-electron chi connectivity index (χ4n) is 4.28. The second kappa shape index (κ2) is 7.30. The lowest BCUT2D eigenvalue weighted by atomic mass is 9.65. The molecule has 0 heterocycles. The normalized spacial score (nSPS) is 36.5. The largest absolute Gasteiger partial charge is 0.383 e. The molecule has 3 unspecified atom stereocenters. The Morgan fingerprint density at radius 1 is 1.24 bits per heavy atom. The number of halogens is 1. The molecule has 0 saturated heterocycles. The number of ether oxygens (including phenoxy) is 1. The minimum absolute atomic E-state index is 0. The maximum absolute atomic E-state index is 12.5. The third kappa shape index (κ3) is 3.91. The van der Waals surface area contributed by atoms with Crippen molar-refractivity contribution in [2.75, 3.05) is 13.7 Å². The van der Waals surface area contributed by atoms with Crippen LogP contribution < -0.4 is 11.1 Å². The van der Waals surface area contributed by atoms with Gasteiger partial charge in [-0.2, -0.15) is 0 Å². The molecular formula is C16H29ClN2O2. The van der Waals surface area contributed by atoms with Gasteiger partial charge in [-0.3, -0.25) is 4.79 Å². The van der Waals surface area contributed by atoms with E-state index < -0.39 is 0 Å². The van der Waals surface area contributed by atoms with Gasteiger partial charge in [0, 0.05) is 19.1 Å². The molecule has 0 radical (unpaired) electrons. The summed E-state index contributed by atoms with van der Waals surface area (Å²) in [6.45, 7) is 0.648. The highest BCUT2D eigenvalue weighted by Crippen LogP contribution is 2.42. The van der Waals surface area contributed by atoms with Crippen LogP contribution in [0.5, 0.6) is 0 Å². The number of methoxy groups -OCH3 is 1. The predicted molar refractivity (Wildman–Crippen MR) is 85.3 cm³/mol. The van der Waals surface area contributed by atoms with Crippen molar-refractivity contribution in [2.45, 2.75) is 57.0 Å². The quantitative estimate of drug-likeness (QED) is 0.816. The summed E-state index contributed by atoms with van der Waals surface area (Å²) < 4.78 is 5.25. The van der Waals surface area contributed by atoms with Gasteiger partial charge >= 0.3 is 0 Å². The van der Waals surface area contributed by atoms with Gasteiger partial charge in [0.1, 0.15) is 0 Å². The highest BCUT2D eigenvalue weighted by atomic mass is 35.5. The van der Waals surface area contributed by atoms with Crippen molar-refractivity contribution < 1.29 is 9.53 Å². The van der Waals surface area contributed by atoms with Gasteiger partial charge in [-0.15, -0.1) is 12.4 Å². The van der Waals surface area contributed by atoms with Crippen LogP contribution in [0.4, 0.5) is 0 Å². The van der Waals surface area contributed by atoms with Crippen LogP contribution in [0.1, 0.15) is 44.9 Å². The number of nitrogens with two attached hydrogens (primary N) is 1. The van der Waals surface area contributed by atoms with Crippen molar-refractivity contribution in [3.05, 3.63) is 0 Å². The molecule has 4 nitrogen and oxygen atoms in total. The van der Waals surface area contributed by atoms with E-state index in [4.69, 9.17) is 10.5 Å². The molecule has 5 heteroatoms. The van der Waals surface area contributed by atoms with Crippen molar-refractivity contribution >= 4 is 18.3 Å². The van der Waals surface area contributed by atoms with Gasteiger partial charge in [-0.1, -0.05) is 6.42 Å². The van der Waals surface area contributed by atoms with E-state index in [9.17, 15) is 4.79 Å². The van der Waals surface area contributed by atoms with E-state index in [2.05, 4.69) is 5.32 Å². The average Bonchev–Trinajstić information content (AvgIpc) is 3.22. The summed E-state index contributed by atoms with van der Waals surface area (Å²) in [5, 5.41) is 3.25. The molecule has 3 N–H and O–H groups in total. The second-order valence-corrected chi connectivity index (χ2v) is 7.10. The molecule has 2 bridgehead atoms. The molecule has 3 saturated carbocycles. The standard InChI is InChI=1S/C16H28N2O2.ClH/c1-20-9-14(10-5-6-10)18-16(19)13-7-11-3-2-4-12(8-13)15(11)17;/h10-15H,2-9,17H2,1H3,(H,18,19);1H. The van der Waals surface area contributed by atoms with Crippen LogP contribution in [0.15, 0.2) is 0 Å². The van der Waals surface area contributed by atoms with Gasteiger partial charge in [0.2, 0.25) is 5.91 Å². The van der Waals surface area contributed by atoms with Crippen LogP contribution in [0.3, 0.4) is 0 Å². The number of nitrogens with one attached hydrogen (secondary N) is 1. The molecule has 122 valence electrons. The maximum Gasteiger partial charge on any atom is 0.223 e. The van der Waals surface area contributed by atoms with E-state index in [0.29, 0.717) is 30.4 Å². The van der Waals surface area contributed by atoms with Crippen LogP contribution >= 0.6 is 12.4 Å². The van der Waals surface area contributed by atoms with Crippen molar-refractivity contribution in [1.29, 1.82) is 0 Å².